The number of para-hydroxylation sites is 2. The quantitative estimate of drug-likeness (QED) is 0.678. The van der Waals surface area contributed by atoms with Gasteiger partial charge >= 0.3 is 0 Å². The highest BCUT2D eigenvalue weighted by molar-refractivity contribution is 9.10. The Labute approximate surface area is 144 Å². The van der Waals surface area contributed by atoms with E-state index in [1.165, 1.54) is 0 Å². The van der Waals surface area contributed by atoms with Gasteiger partial charge in [-0.05, 0) is 46.6 Å². The fourth-order valence-electron chi connectivity index (χ4n) is 2.96. The Morgan fingerprint density at radius 1 is 1.09 bits per heavy atom. The molecule has 1 heterocycles. The van der Waals surface area contributed by atoms with Crippen molar-refractivity contribution in [3.05, 3.63) is 75.0 Å². The SMILES string of the molecule is CCn1c(=O)cc(CN(C)c2ccccc2Br)c2ccccc21. The molecule has 0 fully saturated rings. The average molecular weight is 371 g/mol. The first-order chi connectivity index (χ1) is 11.1. The number of halogens is 1. The van der Waals surface area contributed by atoms with E-state index in [2.05, 4.69) is 33.0 Å². The summed E-state index contributed by atoms with van der Waals surface area (Å²) in [4.78, 5) is 14.6. The minimum Gasteiger partial charge on any atom is -0.369 e. The maximum absolute atomic E-state index is 12.4. The summed E-state index contributed by atoms with van der Waals surface area (Å²) >= 11 is 3.59. The summed E-state index contributed by atoms with van der Waals surface area (Å²) in [5, 5.41) is 1.13. The lowest BCUT2D eigenvalue weighted by molar-refractivity contribution is 0.755. The molecule has 3 rings (SSSR count). The van der Waals surface area contributed by atoms with E-state index in [4.69, 9.17) is 0 Å². The van der Waals surface area contributed by atoms with Gasteiger partial charge in [-0.3, -0.25) is 4.79 Å². The van der Waals surface area contributed by atoms with Crippen LogP contribution in [0, 0.1) is 0 Å². The van der Waals surface area contributed by atoms with Gasteiger partial charge in [0.1, 0.15) is 0 Å². The molecule has 0 N–H and O–H groups in total. The van der Waals surface area contributed by atoms with Crippen molar-refractivity contribution in [2.75, 3.05) is 11.9 Å². The van der Waals surface area contributed by atoms with Crippen LogP contribution in [0.15, 0.2) is 63.9 Å². The van der Waals surface area contributed by atoms with Gasteiger partial charge in [-0.15, -0.1) is 0 Å². The largest absolute Gasteiger partial charge is 0.369 e. The third-order valence-corrected chi connectivity index (χ3v) is 4.76. The second-order valence-electron chi connectivity index (χ2n) is 5.58. The molecule has 0 radical (unpaired) electrons. The average Bonchev–Trinajstić information content (AvgIpc) is 2.55. The summed E-state index contributed by atoms with van der Waals surface area (Å²) in [6.45, 7) is 3.36. The summed E-state index contributed by atoms with van der Waals surface area (Å²) in [5.41, 5.74) is 3.21. The molecule has 23 heavy (non-hydrogen) atoms. The zero-order chi connectivity index (χ0) is 16.4. The Kier molecular flexibility index (Phi) is 4.53. The number of nitrogens with zero attached hydrogens (tertiary/aromatic N) is 2. The minimum absolute atomic E-state index is 0.0572. The van der Waals surface area contributed by atoms with Gasteiger partial charge < -0.3 is 9.47 Å². The molecule has 0 saturated carbocycles. The van der Waals surface area contributed by atoms with Gasteiger partial charge in [-0.2, -0.15) is 0 Å². The van der Waals surface area contributed by atoms with E-state index in [1.807, 2.05) is 54.9 Å². The van der Waals surface area contributed by atoms with Gasteiger partial charge in [0.15, 0.2) is 0 Å². The van der Waals surface area contributed by atoms with Crippen molar-refractivity contribution < 1.29 is 0 Å². The van der Waals surface area contributed by atoms with Crippen LogP contribution in [0.5, 0.6) is 0 Å². The minimum atomic E-state index is 0.0572. The predicted octanol–water partition coefficient (Wildman–Crippen LogP) is 4.42. The normalized spacial score (nSPS) is 10.9. The molecule has 118 valence electrons. The van der Waals surface area contributed by atoms with E-state index in [9.17, 15) is 4.79 Å². The van der Waals surface area contributed by atoms with Crippen molar-refractivity contribution in [2.24, 2.45) is 0 Å². The highest BCUT2D eigenvalue weighted by Crippen LogP contribution is 2.27. The summed E-state index contributed by atoms with van der Waals surface area (Å²) in [6, 6.07) is 18.0. The van der Waals surface area contributed by atoms with Crippen LogP contribution < -0.4 is 10.5 Å². The highest BCUT2D eigenvalue weighted by atomic mass is 79.9. The molecule has 3 nitrogen and oxygen atoms in total. The first-order valence-corrected chi connectivity index (χ1v) is 8.48. The maximum atomic E-state index is 12.4. The third kappa shape index (κ3) is 3.04. The van der Waals surface area contributed by atoms with Gasteiger partial charge in [-0.1, -0.05) is 30.3 Å². The number of benzene rings is 2. The van der Waals surface area contributed by atoms with Crippen molar-refractivity contribution in [1.29, 1.82) is 0 Å². The second kappa shape index (κ2) is 6.59. The van der Waals surface area contributed by atoms with Crippen molar-refractivity contribution in [3.63, 3.8) is 0 Å². The zero-order valence-corrected chi connectivity index (χ0v) is 14.9. The monoisotopic (exact) mass is 370 g/mol. The van der Waals surface area contributed by atoms with Crippen LogP contribution in [0.3, 0.4) is 0 Å². The first-order valence-electron chi connectivity index (χ1n) is 7.69. The molecule has 0 saturated heterocycles. The Morgan fingerprint density at radius 3 is 2.52 bits per heavy atom. The second-order valence-corrected chi connectivity index (χ2v) is 6.43. The molecule has 0 atom stereocenters. The standard InChI is InChI=1S/C19H19BrN2O/c1-3-22-17-10-6-4-8-15(17)14(12-19(22)23)13-21(2)18-11-7-5-9-16(18)20/h4-12H,3,13H2,1-2H3. The van der Waals surface area contributed by atoms with E-state index >= 15 is 0 Å². The Bertz CT molecular complexity index is 901. The van der Waals surface area contributed by atoms with Crippen LogP contribution in [0.25, 0.3) is 10.9 Å². The Hall–Kier alpha value is -2.07. The van der Waals surface area contributed by atoms with Gasteiger partial charge in [-0.25, -0.2) is 0 Å². The van der Waals surface area contributed by atoms with E-state index in [-0.39, 0.29) is 5.56 Å². The maximum Gasteiger partial charge on any atom is 0.251 e. The van der Waals surface area contributed by atoms with E-state index in [0.717, 1.165) is 26.6 Å². The predicted molar refractivity (Wildman–Crippen MR) is 100 cm³/mol. The molecule has 0 unspecified atom stereocenters. The molecule has 1 aromatic heterocycles. The number of rotatable bonds is 4. The summed E-state index contributed by atoms with van der Waals surface area (Å²) in [6.07, 6.45) is 0. The summed E-state index contributed by atoms with van der Waals surface area (Å²) in [5.74, 6) is 0. The number of hydrogen-bond donors (Lipinski definition) is 0. The lowest BCUT2D eigenvalue weighted by atomic mass is 10.1. The molecule has 0 aliphatic carbocycles. The van der Waals surface area contributed by atoms with Crippen molar-refractivity contribution in [3.8, 4) is 0 Å². The van der Waals surface area contributed by atoms with Gasteiger partial charge in [0.2, 0.25) is 0 Å². The van der Waals surface area contributed by atoms with Crippen LogP contribution in [0.1, 0.15) is 12.5 Å². The fraction of sp³-hybridized carbons (Fsp3) is 0.211. The number of fused-ring (bicyclic) bond motifs is 1. The molecule has 0 bridgehead atoms. The van der Waals surface area contributed by atoms with Crippen LogP contribution >= 0.6 is 15.9 Å². The van der Waals surface area contributed by atoms with Gasteiger partial charge in [0.25, 0.3) is 5.56 Å². The fourth-order valence-corrected chi connectivity index (χ4v) is 3.55. The smallest absolute Gasteiger partial charge is 0.251 e. The Balaban J connectivity index is 2.07. The lowest BCUT2D eigenvalue weighted by Crippen LogP contribution is -2.23. The molecule has 0 aliphatic rings. The highest BCUT2D eigenvalue weighted by Gasteiger charge is 2.11. The van der Waals surface area contributed by atoms with Crippen molar-refractivity contribution in [1.82, 2.24) is 4.57 Å². The number of aryl methyl sites for hydroxylation is 1. The van der Waals surface area contributed by atoms with Gasteiger partial charge in [0, 0.05) is 36.1 Å². The van der Waals surface area contributed by atoms with Crippen LogP contribution in [-0.4, -0.2) is 11.6 Å². The lowest BCUT2D eigenvalue weighted by Gasteiger charge is -2.22. The van der Waals surface area contributed by atoms with E-state index < -0.39 is 0 Å². The number of hydrogen-bond acceptors (Lipinski definition) is 2. The zero-order valence-electron chi connectivity index (χ0n) is 13.3. The first kappa shape index (κ1) is 15.8. The van der Waals surface area contributed by atoms with Crippen molar-refractivity contribution >= 4 is 32.5 Å². The molecular weight excluding hydrogens is 352 g/mol. The molecule has 0 aliphatic heterocycles. The molecule has 4 heteroatoms. The third-order valence-electron chi connectivity index (χ3n) is 4.09. The van der Waals surface area contributed by atoms with Gasteiger partial charge in [0.05, 0.1) is 11.2 Å². The van der Waals surface area contributed by atoms with Crippen LogP contribution in [-0.2, 0) is 13.1 Å². The van der Waals surface area contributed by atoms with Crippen LogP contribution in [0.4, 0.5) is 5.69 Å². The molecular formula is C19H19BrN2O. The number of anilines is 1. The number of pyridine rings is 1. The topological polar surface area (TPSA) is 25.2 Å². The Morgan fingerprint density at radius 2 is 1.78 bits per heavy atom. The summed E-state index contributed by atoms with van der Waals surface area (Å²) < 4.78 is 2.87. The van der Waals surface area contributed by atoms with Crippen molar-refractivity contribution in [2.45, 2.75) is 20.0 Å². The van der Waals surface area contributed by atoms with E-state index in [0.29, 0.717) is 13.1 Å². The van der Waals surface area contributed by atoms with Crippen LogP contribution in [0.2, 0.25) is 0 Å². The van der Waals surface area contributed by atoms with E-state index in [1.54, 1.807) is 6.07 Å². The molecule has 0 spiro atoms. The summed E-state index contributed by atoms with van der Waals surface area (Å²) in [7, 11) is 2.04. The molecule has 0 amide bonds. The number of aromatic nitrogens is 1. The molecule has 2 aromatic carbocycles. The molecule has 3 aromatic rings.